The van der Waals surface area contributed by atoms with Crippen LogP contribution < -0.4 is 10.6 Å². The SMILES string of the molecule is CCCC(CC(=O)N[C@@H]1CCO[C@@H]1C(=O)O)NC(=O)OCC1c2ccccc2-c2ccccc21. The average Bonchev–Trinajstić information content (AvgIpc) is 3.40. The van der Waals surface area contributed by atoms with Crippen molar-refractivity contribution in [2.75, 3.05) is 13.2 Å². The van der Waals surface area contributed by atoms with Crippen molar-refractivity contribution in [1.29, 1.82) is 0 Å². The minimum atomic E-state index is -1.09. The molecule has 2 amide bonds. The summed E-state index contributed by atoms with van der Waals surface area (Å²) in [5, 5.41) is 14.7. The third-order valence-electron chi connectivity index (χ3n) is 6.42. The number of carbonyl (C=O) groups excluding carboxylic acids is 2. The van der Waals surface area contributed by atoms with Crippen molar-refractivity contribution in [2.45, 2.75) is 56.7 Å². The van der Waals surface area contributed by atoms with Crippen LogP contribution in [0.15, 0.2) is 48.5 Å². The standard InChI is InChI=1S/C26H30N2O6/c1-2-7-16(14-23(29)28-22-12-13-33-24(22)25(30)31)27-26(32)34-15-21-19-10-5-3-8-17(19)18-9-4-6-11-20(18)21/h3-6,8-11,16,21-22,24H,2,7,12-15H2,1H3,(H,27,32)(H,28,29)(H,30,31)/t16?,22-,24+/m1/s1. The summed E-state index contributed by atoms with van der Waals surface area (Å²) in [4.78, 5) is 36.4. The van der Waals surface area contributed by atoms with Gasteiger partial charge in [0.1, 0.15) is 6.61 Å². The predicted molar refractivity (Wildman–Crippen MR) is 125 cm³/mol. The minimum absolute atomic E-state index is 0.0404. The minimum Gasteiger partial charge on any atom is -0.479 e. The Balaban J connectivity index is 1.33. The lowest BCUT2D eigenvalue weighted by Gasteiger charge is -2.21. The summed E-state index contributed by atoms with van der Waals surface area (Å²) in [5.74, 6) is -1.45. The first-order chi connectivity index (χ1) is 16.5. The molecule has 2 aliphatic rings. The third-order valence-corrected chi connectivity index (χ3v) is 6.42. The number of ether oxygens (including phenoxy) is 2. The van der Waals surface area contributed by atoms with Crippen LogP contribution in [-0.4, -0.2) is 54.5 Å². The second-order valence-electron chi connectivity index (χ2n) is 8.75. The summed E-state index contributed by atoms with van der Waals surface area (Å²) in [7, 11) is 0. The molecule has 8 heteroatoms. The van der Waals surface area contributed by atoms with Crippen molar-refractivity contribution in [3.63, 3.8) is 0 Å². The van der Waals surface area contributed by atoms with Gasteiger partial charge in [-0.25, -0.2) is 9.59 Å². The van der Waals surface area contributed by atoms with Gasteiger partial charge in [0, 0.05) is 25.0 Å². The Kier molecular flexibility index (Phi) is 7.47. The van der Waals surface area contributed by atoms with Crippen LogP contribution >= 0.6 is 0 Å². The molecule has 180 valence electrons. The molecule has 1 unspecified atom stereocenters. The molecule has 0 bridgehead atoms. The van der Waals surface area contributed by atoms with E-state index in [-0.39, 0.29) is 31.5 Å². The van der Waals surface area contributed by atoms with Gasteiger partial charge in [-0.05, 0) is 35.1 Å². The summed E-state index contributed by atoms with van der Waals surface area (Å²) >= 11 is 0. The van der Waals surface area contributed by atoms with Crippen LogP contribution in [0.1, 0.15) is 49.7 Å². The molecule has 1 aliphatic heterocycles. The van der Waals surface area contributed by atoms with E-state index in [1.54, 1.807) is 0 Å². The number of alkyl carbamates (subject to hydrolysis) is 1. The molecule has 1 aliphatic carbocycles. The molecule has 0 spiro atoms. The Morgan fingerprint density at radius 2 is 1.74 bits per heavy atom. The molecule has 3 N–H and O–H groups in total. The lowest BCUT2D eigenvalue weighted by atomic mass is 9.98. The van der Waals surface area contributed by atoms with E-state index in [1.807, 2.05) is 31.2 Å². The summed E-state index contributed by atoms with van der Waals surface area (Å²) in [5.41, 5.74) is 4.58. The second-order valence-corrected chi connectivity index (χ2v) is 8.75. The fourth-order valence-electron chi connectivity index (χ4n) is 4.85. The zero-order valence-corrected chi connectivity index (χ0v) is 19.2. The summed E-state index contributed by atoms with van der Waals surface area (Å²) in [6.45, 7) is 2.46. The van der Waals surface area contributed by atoms with Gasteiger partial charge in [0.15, 0.2) is 6.10 Å². The largest absolute Gasteiger partial charge is 0.479 e. The van der Waals surface area contributed by atoms with Crippen LogP contribution in [0, 0.1) is 0 Å². The molecule has 0 aromatic heterocycles. The lowest BCUT2D eigenvalue weighted by molar-refractivity contribution is -0.148. The van der Waals surface area contributed by atoms with Crippen molar-refractivity contribution in [1.82, 2.24) is 10.6 Å². The molecule has 1 saturated heterocycles. The van der Waals surface area contributed by atoms with Crippen LogP contribution in [0.4, 0.5) is 4.79 Å². The molecule has 3 atom stereocenters. The van der Waals surface area contributed by atoms with Gasteiger partial charge < -0.3 is 25.2 Å². The molecular formula is C26H30N2O6. The average molecular weight is 467 g/mol. The molecule has 0 saturated carbocycles. The van der Waals surface area contributed by atoms with Gasteiger partial charge in [-0.3, -0.25) is 4.79 Å². The predicted octanol–water partition coefficient (Wildman–Crippen LogP) is 3.44. The van der Waals surface area contributed by atoms with Gasteiger partial charge in [-0.2, -0.15) is 0 Å². The summed E-state index contributed by atoms with van der Waals surface area (Å²) < 4.78 is 10.8. The molecule has 1 fully saturated rings. The highest BCUT2D eigenvalue weighted by molar-refractivity contribution is 5.81. The number of carbonyl (C=O) groups is 3. The fourth-order valence-corrected chi connectivity index (χ4v) is 4.85. The van der Waals surface area contributed by atoms with E-state index in [1.165, 1.54) is 0 Å². The molecular weight excluding hydrogens is 436 g/mol. The van der Waals surface area contributed by atoms with E-state index in [4.69, 9.17) is 9.47 Å². The van der Waals surface area contributed by atoms with Crippen LogP contribution in [-0.2, 0) is 19.1 Å². The zero-order valence-electron chi connectivity index (χ0n) is 19.2. The van der Waals surface area contributed by atoms with E-state index < -0.39 is 30.3 Å². The lowest BCUT2D eigenvalue weighted by Crippen LogP contribution is -2.46. The first-order valence-corrected chi connectivity index (χ1v) is 11.7. The number of rotatable bonds is 9. The monoisotopic (exact) mass is 466 g/mol. The van der Waals surface area contributed by atoms with E-state index in [9.17, 15) is 19.5 Å². The van der Waals surface area contributed by atoms with Crippen LogP contribution in [0.5, 0.6) is 0 Å². The number of carboxylic acids is 1. The van der Waals surface area contributed by atoms with Gasteiger partial charge >= 0.3 is 12.1 Å². The van der Waals surface area contributed by atoms with Gasteiger partial charge in [-0.1, -0.05) is 61.9 Å². The van der Waals surface area contributed by atoms with E-state index in [0.29, 0.717) is 12.8 Å². The molecule has 2 aromatic carbocycles. The number of amides is 2. The van der Waals surface area contributed by atoms with Crippen molar-refractivity contribution in [2.24, 2.45) is 0 Å². The molecule has 2 aromatic rings. The maximum absolute atomic E-state index is 12.6. The summed E-state index contributed by atoms with van der Waals surface area (Å²) in [6.07, 6.45) is 0.249. The highest BCUT2D eigenvalue weighted by Gasteiger charge is 2.35. The highest BCUT2D eigenvalue weighted by atomic mass is 16.5. The molecule has 4 rings (SSSR count). The first kappa shape index (κ1) is 23.8. The van der Waals surface area contributed by atoms with E-state index in [0.717, 1.165) is 28.7 Å². The van der Waals surface area contributed by atoms with Crippen molar-refractivity contribution in [3.05, 3.63) is 59.7 Å². The molecule has 34 heavy (non-hydrogen) atoms. The first-order valence-electron chi connectivity index (χ1n) is 11.7. The van der Waals surface area contributed by atoms with Gasteiger partial charge in [0.2, 0.25) is 5.91 Å². The quantitative estimate of drug-likeness (QED) is 0.522. The maximum atomic E-state index is 12.6. The van der Waals surface area contributed by atoms with Crippen molar-refractivity contribution >= 4 is 18.0 Å². The van der Waals surface area contributed by atoms with Crippen LogP contribution in [0.2, 0.25) is 0 Å². The van der Waals surface area contributed by atoms with Crippen molar-refractivity contribution < 1.29 is 29.0 Å². The van der Waals surface area contributed by atoms with Crippen LogP contribution in [0.25, 0.3) is 11.1 Å². The van der Waals surface area contributed by atoms with Crippen molar-refractivity contribution in [3.8, 4) is 11.1 Å². The van der Waals surface area contributed by atoms with E-state index >= 15 is 0 Å². The Hall–Kier alpha value is -3.39. The molecule has 0 radical (unpaired) electrons. The number of benzene rings is 2. The smallest absolute Gasteiger partial charge is 0.407 e. The third kappa shape index (κ3) is 5.22. The molecule has 8 nitrogen and oxygen atoms in total. The second kappa shape index (κ2) is 10.7. The number of nitrogens with one attached hydrogen (secondary N) is 2. The number of aliphatic carboxylic acids is 1. The Bertz CT molecular complexity index is 1010. The van der Waals surface area contributed by atoms with E-state index in [2.05, 4.69) is 34.9 Å². The number of fused-ring (bicyclic) bond motifs is 3. The number of hydrogen-bond donors (Lipinski definition) is 3. The normalized spacial score (nSPS) is 19.7. The maximum Gasteiger partial charge on any atom is 0.407 e. The van der Waals surface area contributed by atoms with Gasteiger partial charge in [0.05, 0.1) is 6.04 Å². The Labute approximate surface area is 198 Å². The number of hydrogen-bond acceptors (Lipinski definition) is 5. The molecule has 1 heterocycles. The Morgan fingerprint density at radius 3 is 2.35 bits per heavy atom. The van der Waals surface area contributed by atoms with Gasteiger partial charge in [-0.15, -0.1) is 0 Å². The van der Waals surface area contributed by atoms with Gasteiger partial charge in [0.25, 0.3) is 0 Å². The van der Waals surface area contributed by atoms with Crippen LogP contribution in [0.3, 0.4) is 0 Å². The zero-order chi connectivity index (χ0) is 24.1. The topological polar surface area (TPSA) is 114 Å². The highest BCUT2D eigenvalue weighted by Crippen LogP contribution is 2.44. The number of carboxylic acid groups (broad SMARTS) is 1. The Morgan fingerprint density at radius 1 is 1.09 bits per heavy atom. The summed E-state index contributed by atoms with van der Waals surface area (Å²) in [6, 6.07) is 15.3. The fraction of sp³-hybridized carbons (Fsp3) is 0.423.